The molecule has 2 rings (SSSR count). The summed E-state index contributed by atoms with van der Waals surface area (Å²) in [6, 6.07) is 7.18. The molecule has 5 N–H and O–H groups in total. The Bertz CT molecular complexity index is 1030. The van der Waals surface area contributed by atoms with Crippen molar-refractivity contribution >= 4 is 28.0 Å². The molecule has 1 unspecified atom stereocenters. The minimum atomic E-state index is -4.93. The lowest BCUT2D eigenvalue weighted by atomic mass is 9.87. The molecule has 1 aromatic carbocycles. The normalized spacial score (nSPS) is 18.6. The fraction of sp³-hybridized carbons (Fsp3) is 0.640. The van der Waals surface area contributed by atoms with Crippen LogP contribution in [0.25, 0.3) is 0 Å². The van der Waals surface area contributed by atoms with Crippen molar-refractivity contribution in [2.75, 3.05) is 13.2 Å². The maximum absolute atomic E-state index is 13.1. The summed E-state index contributed by atoms with van der Waals surface area (Å²) in [4.78, 5) is 37.6. The highest BCUT2D eigenvalue weighted by atomic mass is 32.2. The summed E-state index contributed by atoms with van der Waals surface area (Å²) in [5, 5.41) is 17.7. The molecule has 1 aromatic rings. The molecule has 1 aliphatic heterocycles. The van der Waals surface area contributed by atoms with Crippen molar-refractivity contribution in [3.63, 3.8) is 0 Å². The molecule has 0 spiro atoms. The zero-order valence-corrected chi connectivity index (χ0v) is 22.6. The van der Waals surface area contributed by atoms with E-state index in [1.54, 1.807) is 0 Å². The number of alkyl carbamates (subject to hydrolysis) is 1. The van der Waals surface area contributed by atoms with Crippen molar-refractivity contribution in [1.29, 1.82) is 0 Å². The van der Waals surface area contributed by atoms with Crippen molar-refractivity contribution in [2.45, 2.75) is 70.9 Å². The van der Waals surface area contributed by atoms with Gasteiger partial charge in [0.1, 0.15) is 6.04 Å². The maximum Gasteiger partial charge on any atom is 0.407 e. The Labute approximate surface area is 218 Å². The van der Waals surface area contributed by atoms with E-state index in [0.29, 0.717) is 19.4 Å². The third-order valence-corrected chi connectivity index (χ3v) is 7.05. The largest absolute Gasteiger partial charge is 0.449 e. The fourth-order valence-electron chi connectivity index (χ4n) is 4.26. The molecule has 4 atom stereocenters. The first-order chi connectivity index (χ1) is 17.2. The van der Waals surface area contributed by atoms with E-state index in [4.69, 9.17) is 4.74 Å². The molecule has 0 aliphatic carbocycles. The average molecular weight is 542 g/mol. The van der Waals surface area contributed by atoms with Crippen LogP contribution in [0.3, 0.4) is 0 Å². The number of carbonyl (C=O) groups is 3. The van der Waals surface area contributed by atoms with Crippen LogP contribution < -0.4 is 16.0 Å². The molecule has 3 amide bonds. The van der Waals surface area contributed by atoms with Gasteiger partial charge in [-0.3, -0.25) is 14.1 Å². The van der Waals surface area contributed by atoms with E-state index in [0.717, 1.165) is 5.56 Å². The van der Waals surface area contributed by atoms with E-state index in [2.05, 4.69) is 16.0 Å². The Kier molecular flexibility index (Phi) is 10.9. The Hall–Kier alpha value is -2.70. The molecule has 11 nitrogen and oxygen atoms in total. The molecular weight excluding hydrogens is 502 g/mol. The van der Waals surface area contributed by atoms with Gasteiger partial charge in [0.05, 0.1) is 12.6 Å². The SMILES string of the molecule is CC(C)C[C@H](NC(=O)OCC(C)(C)Cc1ccccc1)C(=O)N[C@@H](C[C@@H]1CCNC1=O)C(O)S(=O)(=O)O. The second-order valence-electron chi connectivity index (χ2n) is 10.8. The number of aliphatic hydroxyl groups is 1. The van der Waals surface area contributed by atoms with Gasteiger partial charge in [-0.25, -0.2) is 4.79 Å². The molecule has 1 heterocycles. The van der Waals surface area contributed by atoms with E-state index >= 15 is 0 Å². The molecule has 1 fully saturated rings. The molecular formula is C25H39N3O8S. The third kappa shape index (κ3) is 10.3. The van der Waals surface area contributed by atoms with Gasteiger partial charge in [-0.2, -0.15) is 8.42 Å². The van der Waals surface area contributed by atoms with Crippen LogP contribution in [0.5, 0.6) is 0 Å². The lowest BCUT2D eigenvalue weighted by molar-refractivity contribution is -0.126. The fourth-order valence-corrected chi connectivity index (χ4v) is 4.86. The van der Waals surface area contributed by atoms with E-state index in [-0.39, 0.29) is 36.7 Å². The lowest BCUT2D eigenvalue weighted by Crippen LogP contribution is -2.55. The minimum Gasteiger partial charge on any atom is -0.449 e. The highest BCUT2D eigenvalue weighted by Crippen LogP contribution is 2.23. The monoisotopic (exact) mass is 541 g/mol. The highest BCUT2D eigenvalue weighted by Gasteiger charge is 2.38. The summed E-state index contributed by atoms with van der Waals surface area (Å²) >= 11 is 0. The van der Waals surface area contributed by atoms with Gasteiger partial charge >= 0.3 is 6.09 Å². The zero-order valence-electron chi connectivity index (χ0n) is 21.8. The van der Waals surface area contributed by atoms with Crippen LogP contribution in [0.15, 0.2) is 30.3 Å². The molecule has 1 aliphatic rings. The topological polar surface area (TPSA) is 171 Å². The van der Waals surface area contributed by atoms with Crippen LogP contribution in [0, 0.1) is 17.3 Å². The first kappa shape index (κ1) is 30.5. The van der Waals surface area contributed by atoms with Gasteiger partial charge in [-0.05, 0) is 37.2 Å². The Morgan fingerprint density at radius 2 is 1.84 bits per heavy atom. The Morgan fingerprint density at radius 3 is 2.38 bits per heavy atom. The van der Waals surface area contributed by atoms with Crippen LogP contribution in [0.1, 0.15) is 52.5 Å². The molecule has 208 valence electrons. The van der Waals surface area contributed by atoms with Crippen molar-refractivity contribution < 1.29 is 37.2 Å². The summed E-state index contributed by atoms with van der Waals surface area (Å²) in [5.74, 6) is -1.77. The summed E-state index contributed by atoms with van der Waals surface area (Å²) in [6.45, 7) is 8.05. The van der Waals surface area contributed by atoms with E-state index in [1.807, 2.05) is 58.0 Å². The molecule has 0 bridgehead atoms. The van der Waals surface area contributed by atoms with Crippen molar-refractivity contribution in [1.82, 2.24) is 16.0 Å². The van der Waals surface area contributed by atoms with Crippen molar-refractivity contribution in [2.24, 2.45) is 17.3 Å². The minimum absolute atomic E-state index is 0.0314. The van der Waals surface area contributed by atoms with Crippen LogP contribution in [0.2, 0.25) is 0 Å². The number of nitrogens with one attached hydrogen (secondary N) is 3. The zero-order chi connectivity index (χ0) is 27.8. The predicted molar refractivity (Wildman–Crippen MR) is 137 cm³/mol. The predicted octanol–water partition coefficient (Wildman–Crippen LogP) is 1.61. The van der Waals surface area contributed by atoms with Gasteiger partial charge in [0.2, 0.25) is 17.3 Å². The summed E-state index contributed by atoms with van der Waals surface area (Å²) < 4.78 is 38.0. The molecule has 0 radical (unpaired) electrons. The third-order valence-electron chi connectivity index (χ3n) is 6.11. The van der Waals surface area contributed by atoms with Gasteiger partial charge in [0.25, 0.3) is 10.1 Å². The second kappa shape index (κ2) is 13.2. The van der Waals surface area contributed by atoms with Gasteiger partial charge in [-0.1, -0.05) is 58.0 Å². The number of hydrogen-bond acceptors (Lipinski definition) is 7. The van der Waals surface area contributed by atoms with Crippen molar-refractivity contribution in [3.8, 4) is 0 Å². The van der Waals surface area contributed by atoms with Crippen LogP contribution in [0.4, 0.5) is 4.79 Å². The maximum atomic E-state index is 13.1. The summed E-state index contributed by atoms with van der Waals surface area (Å²) in [7, 11) is -4.93. The first-order valence-electron chi connectivity index (χ1n) is 12.4. The van der Waals surface area contributed by atoms with Crippen LogP contribution in [-0.4, -0.2) is 66.7 Å². The number of rotatable bonds is 13. The number of benzene rings is 1. The van der Waals surface area contributed by atoms with Crippen molar-refractivity contribution in [3.05, 3.63) is 35.9 Å². The van der Waals surface area contributed by atoms with E-state index < -0.39 is 45.6 Å². The quantitative estimate of drug-likeness (QED) is 0.234. The molecule has 37 heavy (non-hydrogen) atoms. The average Bonchev–Trinajstić information content (AvgIpc) is 3.20. The Balaban J connectivity index is 2.05. The number of carbonyl (C=O) groups excluding carboxylic acids is 3. The smallest absolute Gasteiger partial charge is 0.407 e. The first-order valence-corrected chi connectivity index (χ1v) is 13.9. The number of aliphatic hydroxyl groups excluding tert-OH is 1. The van der Waals surface area contributed by atoms with Crippen LogP contribution >= 0.6 is 0 Å². The second-order valence-corrected chi connectivity index (χ2v) is 12.3. The molecule has 0 aromatic heterocycles. The van der Waals surface area contributed by atoms with E-state index in [1.165, 1.54) is 0 Å². The van der Waals surface area contributed by atoms with Gasteiger partial charge in [-0.15, -0.1) is 0 Å². The van der Waals surface area contributed by atoms with Gasteiger partial charge in [0.15, 0.2) is 0 Å². The lowest BCUT2D eigenvalue weighted by Gasteiger charge is -2.28. The van der Waals surface area contributed by atoms with Crippen LogP contribution in [-0.2, 0) is 30.9 Å². The number of ether oxygens (including phenoxy) is 1. The summed E-state index contributed by atoms with van der Waals surface area (Å²) in [6.07, 6.45) is 0.241. The van der Waals surface area contributed by atoms with Gasteiger partial charge < -0.3 is 25.8 Å². The van der Waals surface area contributed by atoms with Gasteiger partial charge in [0, 0.05) is 17.9 Å². The molecule has 0 saturated carbocycles. The Morgan fingerprint density at radius 1 is 1.19 bits per heavy atom. The van der Waals surface area contributed by atoms with E-state index in [9.17, 15) is 32.5 Å². The molecule has 1 saturated heterocycles. The highest BCUT2D eigenvalue weighted by molar-refractivity contribution is 7.86. The number of hydrogen-bond donors (Lipinski definition) is 5. The standard InChI is InChI=1S/C25H39N3O8S/c1-16(2)12-19(28-24(32)36-15-25(3,4)14-17-8-6-5-7-9-17)22(30)27-20(23(31)37(33,34)35)13-18-10-11-26-21(18)29/h5-9,16,18-20,23,31H,10-15H2,1-4H3,(H,26,29)(H,27,30)(H,28,32)(H,33,34,35)/t18-,19-,20-,23?/m0/s1. The molecule has 12 heteroatoms. The summed E-state index contributed by atoms with van der Waals surface area (Å²) in [5.41, 5.74) is -1.62. The number of amides is 3.